The molecule has 3 N–H and O–H groups in total. The molecular formula is C11H16N4S. The van der Waals surface area contributed by atoms with E-state index in [-0.39, 0.29) is 0 Å². The number of rotatable bonds is 3. The Balaban J connectivity index is 1.85. The van der Waals surface area contributed by atoms with E-state index in [2.05, 4.69) is 27.4 Å². The van der Waals surface area contributed by atoms with Crippen molar-refractivity contribution in [1.29, 1.82) is 0 Å². The summed E-state index contributed by atoms with van der Waals surface area (Å²) in [5.41, 5.74) is 2.57. The smallest absolute Gasteiger partial charge is 0.166 e. The lowest BCUT2D eigenvalue weighted by atomic mass is 9.94. The van der Waals surface area contributed by atoms with Crippen LogP contribution in [0.1, 0.15) is 17.7 Å². The minimum absolute atomic E-state index is 0.401. The fourth-order valence-electron chi connectivity index (χ4n) is 1.93. The molecule has 0 radical (unpaired) electrons. The fraction of sp³-hybridized carbons (Fsp3) is 0.455. The van der Waals surface area contributed by atoms with Crippen LogP contribution in [0.25, 0.3) is 0 Å². The highest BCUT2D eigenvalue weighted by atomic mass is 32.1. The molecule has 4 nitrogen and oxygen atoms in total. The number of H-pyrrole nitrogens is 1. The van der Waals surface area contributed by atoms with Gasteiger partial charge in [-0.1, -0.05) is 6.08 Å². The zero-order valence-electron chi connectivity index (χ0n) is 9.12. The number of nitrogens with zero attached hydrogens (tertiary/aromatic N) is 1. The van der Waals surface area contributed by atoms with Crippen LogP contribution in [0.2, 0.25) is 0 Å². The molecule has 0 bridgehead atoms. The van der Waals surface area contributed by atoms with Gasteiger partial charge < -0.3 is 10.6 Å². The van der Waals surface area contributed by atoms with Crippen molar-refractivity contribution in [2.24, 2.45) is 0 Å². The number of nitrogens with one attached hydrogen (secondary N) is 3. The van der Waals surface area contributed by atoms with Crippen LogP contribution >= 0.6 is 12.2 Å². The first kappa shape index (κ1) is 11.1. The maximum absolute atomic E-state index is 5.18. The van der Waals surface area contributed by atoms with Crippen LogP contribution in [0.4, 0.5) is 0 Å². The summed E-state index contributed by atoms with van der Waals surface area (Å²) in [6.45, 7) is 4.34. The van der Waals surface area contributed by atoms with Crippen LogP contribution in [-0.4, -0.2) is 27.9 Å². The Morgan fingerprint density at radius 3 is 3.44 bits per heavy atom. The maximum Gasteiger partial charge on any atom is 0.166 e. The molecule has 1 aliphatic rings. The average molecular weight is 236 g/mol. The van der Waals surface area contributed by atoms with Crippen molar-refractivity contribution in [1.82, 2.24) is 20.8 Å². The van der Waals surface area contributed by atoms with Crippen molar-refractivity contribution in [3.63, 3.8) is 0 Å². The van der Waals surface area contributed by atoms with Crippen LogP contribution in [0.3, 0.4) is 0 Å². The van der Waals surface area contributed by atoms with E-state index in [0.29, 0.717) is 17.7 Å². The van der Waals surface area contributed by atoms with E-state index in [0.717, 1.165) is 19.3 Å². The molecule has 0 saturated heterocycles. The molecule has 1 aromatic heterocycles. The number of hydrogen-bond donors (Lipinski definition) is 3. The third-order valence-electron chi connectivity index (χ3n) is 2.76. The summed E-state index contributed by atoms with van der Waals surface area (Å²) in [4.78, 5) is 0. The molecule has 0 spiro atoms. The van der Waals surface area contributed by atoms with Crippen LogP contribution in [0.5, 0.6) is 0 Å². The Labute approximate surface area is 101 Å². The fourth-order valence-corrected chi connectivity index (χ4v) is 2.18. The predicted octanol–water partition coefficient (Wildman–Crippen LogP) is 0.917. The van der Waals surface area contributed by atoms with E-state index in [1.807, 2.05) is 6.20 Å². The van der Waals surface area contributed by atoms with Gasteiger partial charge in [0.2, 0.25) is 0 Å². The lowest BCUT2D eigenvalue weighted by molar-refractivity contribution is 0.520. The summed E-state index contributed by atoms with van der Waals surface area (Å²) in [5, 5.41) is 14.2. The minimum atomic E-state index is 0.401. The van der Waals surface area contributed by atoms with Crippen LogP contribution < -0.4 is 10.6 Å². The van der Waals surface area contributed by atoms with Crippen molar-refractivity contribution < 1.29 is 0 Å². The molecule has 0 aliphatic heterocycles. The quantitative estimate of drug-likeness (QED) is 0.539. The topological polar surface area (TPSA) is 52.7 Å². The van der Waals surface area contributed by atoms with E-state index in [1.165, 1.54) is 11.3 Å². The molecule has 1 unspecified atom stereocenters. The molecule has 1 heterocycles. The van der Waals surface area contributed by atoms with Gasteiger partial charge in [-0.2, -0.15) is 5.10 Å². The van der Waals surface area contributed by atoms with Crippen molar-refractivity contribution in [2.75, 3.05) is 6.54 Å². The van der Waals surface area contributed by atoms with Crippen molar-refractivity contribution >= 4 is 17.3 Å². The Kier molecular flexibility index (Phi) is 3.56. The predicted molar refractivity (Wildman–Crippen MR) is 68.3 cm³/mol. The van der Waals surface area contributed by atoms with Crippen molar-refractivity contribution in [3.8, 4) is 0 Å². The van der Waals surface area contributed by atoms with Gasteiger partial charge >= 0.3 is 0 Å². The van der Waals surface area contributed by atoms with Gasteiger partial charge in [0.05, 0.1) is 6.20 Å². The summed E-state index contributed by atoms with van der Waals surface area (Å²) in [5.74, 6) is 0. The van der Waals surface area contributed by atoms with Gasteiger partial charge in [0.25, 0.3) is 0 Å². The Morgan fingerprint density at radius 2 is 2.62 bits per heavy atom. The van der Waals surface area contributed by atoms with Crippen LogP contribution in [0.15, 0.2) is 18.9 Å². The third kappa shape index (κ3) is 2.61. The standard InChI is InChI=1S/C11H16N4S/c1-2-5-12-11(16)14-9-4-3-8-7-13-15-10(8)6-9/h2,7,9H,1,3-6H2,(H,13,15)(H2,12,14,16). The first-order chi connectivity index (χ1) is 7.79. The maximum atomic E-state index is 5.18. The molecule has 0 aromatic carbocycles. The molecular weight excluding hydrogens is 220 g/mol. The summed E-state index contributed by atoms with van der Waals surface area (Å²) in [7, 11) is 0. The molecule has 1 aromatic rings. The van der Waals surface area contributed by atoms with Crippen molar-refractivity contribution in [3.05, 3.63) is 30.1 Å². The number of aryl methyl sites for hydroxylation is 1. The van der Waals surface area contributed by atoms with Gasteiger partial charge in [-0.15, -0.1) is 6.58 Å². The molecule has 0 saturated carbocycles. The molecule has 16 heavy (non-hydrogen) atoms. The third-order valence-corrected chi connectivity index (χ3v) is 3.02. The summed E-state index contributed by atoms with van der Waals surface area (Å²) in [6, 6.07) is 0.401. The van der Waals surface area contributed by atoms with Crippen molar-refractivity contribution in [2.45, 2.75) is 25.3 Å². The van der Waals surface area contributed by atoms with Gasteiger partial charge in [-0.25, -0.2) is 0 Å². The van der Waals surface area contributed by atoms with E-state index < -0.39 is 0 Å². The summed E-state index contributed by atoms with van der Waals surface area (Å²) >= 11 is 5.18. The monoisotopic (exact) mass is 236 g/mol. The molecule has 86 valence electrons. The van der Waals surface area contributed by atoms with Crippen LogP contribution in [0, 0.1) is 0 Å². The molecule has 1 aliphatic carbocycles. The normalized spacial score (nSPS) is 18.6. The zero-order valence-corrected chi connectivity index (χ0v) is 9.94. The first-order valence-electron chi connectivity index (χ1n) is 5.46. The van der Waals surface area contributed by atoms with Gasteiger partial charge in [-0.05, 0) is 30.6 Å². The van der Waals surface area contributed by atoms with E-state index in [4.69, 9.17) is 12.2 Å². The first-order valence-corrected chi connectivity index (χ1v) is 5.87. The second-order valence-corrected chi connectivity index (χ2v) is 4.36. The molecule has 5 heteroatoms. The van der Waals surface area contributed by atoms with E-state index in [1.54, 1.807) is 6.08 Å². The molecule has 1 atom stereocenters. The second-order valence-electron chi connectivity index (χ2n) is 3.96. The second kappa shape index (κ2) is 5.12. The lowest BCUT2D eigenvalue weighted by Crippen LogP contribution is -2.44. The van der Waals surface area contributed by atoms with Crippen LogP contribution in [-0.2, 0) is 12.8 Å². The Morgan fingerprint density at radius 1 is 1.75 bits per heavy atom. The summed E-state index contributed by atoms with van der Waals surface area (Å²) < 4.78 is 0. The number of fused-ring (bicyclic) bond motifs is 1. The molecule has 0 fully saturated rings. The number of aromatic nitrogens is 2. The average Bonchev–Trinajstić information content (AvgIpc) is 2.73. The summed E-state index contributed by atoms with van der Waals surface area (Å²) in [6.07, 6.45) is 6.84. The Hall–Kier alpha value is -1.36. The number of thiocarbonyl (C=S) groups is 1. The largest absolute Gasteiger partial charge is 0.360 e. The number of hydrogen-bond acceptors (Lipinski definition) is 2. The Bertz CT molecular complexity index is 385. The minimum Gasteiger partial charge on any atom is -0.360 e. The number of aromatic amines is 1. The zero-order chi connectivity index (χ0) is 11.4. The SMILES string of the molecule is C=CCNC(=S)NC1CCc2cn[nH]c2C1. The molecule has 0 amide bonds. The van der Waals surface area contributed by atoms with Gasteiger partial charge in [-0.3, -0.25) is 5.10 Å². The lowest BCUT2D eigenvalue weighted by Gasteiger charge is -2.24. The van der Waals surface area contributed by atoms with E-state index in [9.17, 15) is 0 Å². The highest BCUT2D eigenvalue weighted by molar-refractivity contribution is 7.80. The highest BCUT2D eigenvalue weighted by Gasteiger charge is 2.20. The van der Waals surface area contributed by atoms with E-state index >= 15 is 0 Å². The molecule has 2 rings (SSSR count). The van der Waals surface area contributed by atoms with Gasteiger partial charge in [0.1, 0.15) is 0 Å². The van der Waals surface area contributed by atoms with Gasteiger partial charge in [0.15, 0.2) is 5.11 Å². The van der Waals surface area contributed by atoms with Gasteiger partial charge in [0, 0.05) is 24.7 Å². The highest BCUT2D eigenvalue weighted by Crippen LogP contribution is 2.18.